The van der Waals surface area contributed by atoms with Crippen LogP contribution in [-0.4, -0.2) is 54.6 Å². The molecule has 1 fully saturated rings. The maximum absolute atomic E-state index is 12.4. The predicted octanol–water partition coefficient (Wildman–Crippen LogP) is 0.266. The van der Waals surface area contributed by atoms with Gasteiger partial charge in [0.2, 0.25) is 0 Å². The molecule has 0 aromatic carbocycles. The first kappa shape index (κ1) is 12.7. The molecule has 1 aliphatic rings. The predicted molar refractivity (Wildman–Crippen MR) is 68.0 cm³/mol. The van der Waals surface area contributed by atoms with Gasteiger partial charge < -0.3 is 9.64 Å². The fraction of sp³-hybridized carbons (Fsp3) is 0.417. The summed E-state index contributed by atoms with van der Waals surface area (Å²) < 4.78 is 6.81. The third-order valence-corrected chi connectivity index (χ3v) is 3.17. The Kier molecular flexibility index (Phi) is 2.94. The van der Waals surface area contributed by atoms with E-state index in [9.17, 15) is 4.79 Å². The highest BCUT2D eigenvalue weighted by Gasteiger charge is 2.37. The van der Waals surface area contributed by atoms with Crippen LogP contribution in [0.15, 0.2) is 24.8 Å². The zero-order valence-electron chi connectivity index (χ0n) is 11.2. The summed E-state index contributed by atoms with van der Waals surface area (Å²) in [5, 5.41) is 11.9. The third kappa shape index (κ3) is 2.14. The highest BCUT2D eigenvalue weighted by Crippen LogP contribution is 2.23. The van der Waals surface area contributed by atoms with Crippen molar-refractivity contribution >= 4 is 5.91 Å². The van der Waals surface area contributed by atoms with Crippen molar-refractivity contribution in [2.45, 2.75) is 19.4 Å². The summed E-state index contributed by atoms with van der Waals surface area (Å²) in [4.78, 5) is 17.8. The molecule has 104 valence electrons. The smallest absolute Gasteiger partial charge is 0.276 e. The number of aromatic nitrogens is 5. The monoisotopic (exact) mass is 274 g/mol. The van der Waals surface area contributed by atoms with E-state index in [0.717, 1.165) is 0 Å². The molecular weight excluding hydrogens is 260 g/mol. The highest BCUT2D eigenvalue weighted by atomic mass is 16.5. The Morgan fingerprint density at radius 3 is 2.75 bits per heavy atom. The summed E-state index contributed by atoms with van der Waals surface area (Å²) in [6, 6.07) is 3.31. The minimum absolute atomic E-state index is 0.190. The molecule has 0 bridgehead atoms. The van der Waals surface area contributed by atoms with E-state index in [-0.39, 0.29) is 23.9 Å². The lowest BCUT2D eigenvalue weighted by molar-refractivity contribution is 0.0598. The van der Waals surface area contributed by atoms with Crippen LogP contribution in [0.5, 0.6) is 0 Å². The Morgan fingerprint density at radius 2 is 2.20 bits per heavy atom. The topological polar surface area (TPSA) is 86.0 Å². The Hall–Kier alpha value is -2.35. The van der Waals surface area contributed by atoms with Crippen molar-refractivity contribution in [3.8, 4) is 5.82 Å². The molecule has 8 nitrogen and oxygen atoms in total. The van der Waals surface area contributed by atoms with Gasteiger partial charge in [-0.15, -0.1) is 10.2 Å². The van der Waals surface area contributed by atoms with E-state index in [1.54, 1.807) is 17.0 Å². The first-order valence-corrected chi connectivity index (χ1v) is 6.16. The van der Waals surface area contributed by atoms with E-state index < -0.39 is 0 Å². The summed E-state index contributed by atoms with van der Waals surface area (Å²) in [5.41, 5.74) is -0.0454. The van der Waals surface area contributed by atoms with Crippen molar-refractivity contribution in [2.24, 2.45) is 0 Å². The van der Waals surface area contributed by atoms with Crippen LogP contribution in [0.1, 0.15) is 24.3 Å². The summed E-state index contributed by atoms with van der Waals surface area (Å²) in [7, 11) is 0. The second kappa shape index (κ2) is 4.64. The minimum atomic E-state index is -0.330. The Balaban J connectivity index is 1.83. The third-order valence-electron chi connectivity index (χ3n) is 3.17. The molecule has 2 aromatic heterocycles. The molecule has 3 rings (SSSR count). The number of amides is 1. The summed E-state index contributed by atoms with van der Waals surface area (Å²) >= 11 is 0. The van der Waals surface area contributed by atoms with E-state index in [2.05, 4.69) is 20.3 Å². The molecule has 0 spiro atoms. The van der Waals surface area contributed by atoms with Crippen LogP contribution < -0.4 is 0 Å². The highest BCUT2D eigenvalue weighted by molar-refractivity contribution is 5.92. The van der Waals surface area contributed by atoms with Gasteiger partial charge >= 0.3 is 0 Å². The molecule has 3 heterocycles. The van der Waals surface area contributed by atoms with Crippen LogP contribution in [-0.2, 0) is 4.74 Å². The molecule has 20 heavy (non-hydrogen) atoms. The number of nitrogens with zero attached hydrogens (tertiary/aromatic N) is 6. The van der Waals surface area contributed by atoms with Crippen molar-refractivity contribution < 1.29 is 9.53 Å². The molecular formula is C12H14N6O2. The lowest BCUT2D eigenvalue weighted by Crippen LogP contribution is -2.44. The van der Waals surface area contributed by atoms with Gasteiger partial charge in [0.1, 0.15) is 19.4 Å². The molecule has 1 amide bonds. The van der Waals surface area contributed by atoms with Crippen LogP contribution in [0.3, 0.4) is 0 Å². The molecule has 0 saturated carbocycles. The van der Waals surface area contributed by atoms with Gasteiger partial charge in [0.25, 0.3) is 5.91 Å². The Bertz CT molecular complexity index is 607. The SMILES string of the molecule is CC1(C)COCN1C(=O)c1ccc(-n2cncn2)nn1. The van der Waals surface area contributed by atoms with Crippen molar-refractivity contribution in [3.05, 3.63) is 30.5 Å². The number of ether oxygens (including phenoxy) is 1. The van der Waals surface area contributed by atoms with Gasteiger partial charge in [-0.25, -0.2) is 9.67 Å². The summed E-state index contributed by atoms with van der Waals surface area (Å²) in [5.74, 6) is 0.320. The van der Waals surface area contributed by atoms with Gasteiger partial charge in [0, 0.05) is 0 Å². The van der Waals surface area contributed by atoms with Crippen LogP contribution in [0.25, 0.3) is 5.82 Å². The van der Waals surface area contributed by atoms with Gasteiger partial charge in [-0.2, -0.15) is 5.10 Å². The summed E-state index contributed by atoms with van der Waals surface area (Å²) in [6.45, 7) is 4.70. The van der Waals surface area contributed by atoms with Gasteiger partial charge in [-0.3, -0.25) is 4.79 Å². The second-order valence-electron chi connectivity index (χ2n) is 5.14. The maximum atomic E-state index is 12.4. The van der Waals surface area contributed by atoms with Crippen LogP contribution >= 0.6 is 0 Å². The lowest BCUT2D eigenvalue weighted by Gasteiger charge is -2.28. The van der Waals surface area contributed by atoms with Crippen molar-refractivity contribution in [1.82, 2.24) is 29.9 Å². The van der Waals surface area contributed by atoms with E-state index in [0.29, 0.717) is 12.4 Å². The average molecular weight is 274 g/mol. The van der Waals surface area contributed by atoms with Gasteiger partial charge in [-0.05, 0) is 26.0 Å². The van der Waals surface area contributed by atoms with Gasteiger partial charge in [0.15, 0.2) is 11.5 Å². The molecule has 8 heteroatoms. The number of hydrogen-bond donors (Lipinski definition) is 0. The lowest BCUT2D eigenvalue weighted by atomic mass is 10.1. The minimum Gasteiger partial charge on any atom is -0.359 e. The van der Waals surface area contributed by atoms with Crippen molar-refractivity contribution in [3.63, 3.8) is 0 Å². The average Bonchev–Trinajstić information content (AvgIpc) is 3.07. The molecule has 0 atom stereocenters. The fourth-order valence-corrected chi connectivity index (χ4v) is 2.00. The Labute approximate surface area is 115 Å². The van der Waals surface area contributed by atoms with E-state index in [4.69, 9.17) is 4.74 Å². The summed E-state index contributed by atoms with van der Waals surface area (Å²) in [6.07, 6.45) is 2.92. The maximum Gasteiger partial charge on any atom is 0.276 e. The first-order chi connectivity index (χ1) is 9.58. The number of carbonyl (C=O) groups excluding carboxylic acids is 1. The van der Waals surface area contributed by atoms with E-state index in [1.807, 2.05) is 13.8 Å². The quantitative estimate of drug-likeness (QED) is 0.781. The van der Waals surface area contributed by atoms with Crippen LogP contribution in [0, 0.1) is 0 Å². The molecule has 1 saturated heterocycles. The van der Waals surface area contributed by atoms with Crippen LogP contribution in [0.4, 0.5) is 0 Å². The molecule has 1 aliphatic heterocycles. The molecule has 0 N–H and O–H groups in total. The molecule has 0 radical (unpaired) electrons. The van der Waals surface area contributed by atoms with Gasteiger partial charge in [-0.1, -0.05) is 0 Å². The van der Waals surface area contributed by atoms with Crippen molar-refractivity contribution in [1.29, 1.82) is 0 Å². The molecule has 0 aliphatic carbocycles. The van der Waals surface area contributed by atoms with Crippen molar-refractivity contribution in [2.75, 3.05) is 13.3 Å². The number of rotatable bonds is 2. The largest absolute Gasteiger partial charge is 0.359 e. The van der Waals surface area contributed by atoms with Crippen LogP contribution in [0.2, 0.25) is 0 Å². The second-order valence-corrected chi connectivity index (χ2v) is 5.14. The number of hydrogen-bond acceptors (Lipinski definition) is 6. The molecule has 0 unspecified atom stereocenters. The van der Waals surface area contributed by atoms with E-state index in [1.165, 1.54) is 17.3 Å². The normalized spacial score (nSPS) is 17.4. The van der Waals surface area contributed by atoms with E-state index >= 15 is 0 Å². The number of carbonyl (C=O) groups is 1. The van der Waals surface area contributed by atoms with Gasteiger partial charge in [0.05, 0.1) is 12.1 Å². The zero-order valence-corrected chi connectivity index (χ0v) is 11.2. The Morgan fingerprint density at radius 1 is 1.35 bits per heavy atom. The first-order valence-electron chi connectivity index (χ1n) is 6.16. The fourth-order valence-electron chi connectivity index (χ4n) is 2.00. The zero-order chi connectivity index (χ0) is 14.2. The molecule has 2 aromatic rings. The standard InChI is InChI=1S/C12H14N6O2/c1-12(2)5-20-8-17(12)11(19)9-3-4-10(16-15-9)18-7-13-6-14-18/h3-4,6-7H,5,8H2,1-2H3.